The van der Waals surface area contributed by atoms with Crippen molar-refractivity contribution in [3.05, 3.63) is 28.5 Å². The fourth-order valence-corrected chi connectivity index (χ4v) is 1.71. The second-order valence-corrected chi connectivity index (χ2v) is 3.82. The third kappa shape index (κ3) is 2.40. The predicted molar refractivity (Wildman–Crippen MR) is 45.3 cm³/mol. The molecule has 0 saturated carbocycles. The first-order valence-electron chi connectivity index (χ1n) is 2.97. The van der Waals surface area contributed by atoms with Crippen LogP contribution in [-0.2, 0) is 0 Å². The van der Waals surface area contributed by atoms with Crippen molar-refractivity contribution in [3.63, 3.8) is 0 Å². The molecule has 0 spiro atoms. The molecule has 57 valence electrons. The molecule has 0 fully saturated rings. The predicted octanol–water partition coefficient (Wildman–Crippen LogP) is 2.09. The van der Waals surface area contributed by atoms with Crippen molar-refractivity contribution in [2.24, 2.45) is 0 Å². The molecule has 0 aliphatic rings. The van der Waals surface area contributed by atoms with Crippen LogP contribution in [0.1, 0.15) is 0 Å². The van der Waals surface area contributed by atoms with Gasteiger partial charge in [-0.2, -0.15) is 0 Å². The van der Waals surface area contributed by atoms with Crippen molar-refractivity contribution in [2.45, 2.75) is 0 Å². The number of ether oxygens (including phenoxy) is 1. The molecular formula is C7H5BrFOPb. The molecule has 11 heavy (non-hydrogen) atoms. The molecule has 0 N–H and O–H groups in total. The van der Waals surface area contributed by atoms with Crippen LogP contribution >= 0.6 is 15.9 Å². The number of rotatable bonds is 2. The third-order valence-corrected chi connectivity index (χ3v) is 2.32. The normalized spacial score (nSPS) is 9.73. The van der Waals surface area contributed by atoms with Gasteiger partial charge in [0.05, 0.1) is 0 Å². The van der Waals surface area contributed by atoms with Gasteiger partial charge < -0.3 is 0 Å². The monoisotopic (exact) mass is 411 g/mol. The zero-order valence-electron chi connectivity index (χ0n) is 5.60. The summed E-state index contributed by atoms with van der Waals surface area (Å²) in [6.45, 7) is 0. The standard InChI is InChI=1S/C7H5BrFO.Pb/c1-10-7-5(8)3-2-4-6(7)9;/h2-4H,1H2;. The van der Waals surface area contributed by atoms with E-state index < -0.39 is 0 Å². The first-order valence-corrected chi connectivity index (χ1v) is 6.51. The van der Waals surface area contributed by atoms with Crippen LogP contribution in [-0.4, -0.2) is 29.9 Å². The van der Waals surface area contributed by atoms with Gasteiger partial charge in [-0.05, 0) is 0 Å². The SMILES string of the molecule is Fc1cccc(Br)c1O[CH2][Pb]. The number of hydrogen-bond donors (Lipinski definition) is 0. The average Bonchev–Trinajstić information content (AvgIpc) is 1.97. The Balaban J connectivity index is 3.00. The zero-order chi connectivity index (χ0) is 8.27. The summed E-state index contributed by atoms with van der Waals surface area (Å²) >= 11 is 4.11. The van der Waals surface area contributed by atoms with E-state index in [1.54, 1.807) is 12.1 Å². The summed E-state index contributed by atoms with van der Waals surface area (Å²) in [5.41, 5.74) is 0. The van der Waals surface area contributed by atoms with Gasteiger partial charge in [0.1, 0.15) is 0 Å². The summed E-state index contributed by atoms with van der Waals surface area (Å²) in [6, 6.07) is 4.78. The van der Waals surface area contributed by atoms with E-state index in [1.807, 2.05) is 0 Å². The van der Waals surface area contributed by atoms with Crippen LogP contribution in [0.3, 0.4) is 0 Å². The Morgan fingerprint density at radius 1 is 1.55 bits per heavy atom. The van der Waals surface area contributed by atoms with Gasteiger partial charge in [-0.3, -0.25) is 0 Å². The van der Waals surface area contributed by atoms with Gasteiger partial charge in [0.2, 0.25) is 0 Å². The van der Waals surface area contributed by atoms with Crippen LogP contribution in [0.2, 0.25) is 0 Å². The van der Waals surface area contributed by atoms with Crippen molar-refractivity contribution >= 4 is 41.7 Å². The number of halogens is 2. The van der Waals surface area contributed by atoms with Crippen molar-refractivity contribution < 1.29 is 9.13 Å². The van der Waals surface area contributed by atoms with E-state index in [9.17, 15) is 4.39 Å². The first-order chi connectivity index (χ1) is 5.25. The summed E-state index contributed by atoms with van der Waals surface area (Å²) in [4.78, 5) is 0. The van der Waals surface area contributed by atoms with Gasteiger partial charge in [-0.1, -0.05) is 0 Å². The Kier molecular flexibility index (Phi) is 3.77. The van der Waals surface area contributed by atoms with Crippen molar-refractivity contribution in [2.75, 3.05) is 4.17 Å². The molecule has 4 heteroatoms. The quantitative estimate of drug-likeness (QED) is 0.678. The van der Waals surface area contributed by atoms with Gasteiger partial charge in [0.15, 0.2) is 0 Å². The van der Waals surface area contributed by atoms with Crippen molar-refractivity contribution in [1.82, 2.24) is 0 Å². The second-order valence-electron chi connectivity index (χ2n) is 1.84. The van der Waals surface area contributed by atoms with E-state index >= 15 is 0 Å². The van der Waals surface area contributed by atoms with Gasteiger partial charge in [0.25, 0.3) is 0 Å². The Bertz CT molecular complexity index is 234. The van der Waals surface area contributed by atoms with Crippen molar-refractivity contribution in [3.8, 4) is 5.75 Å². The maximum absolute atomic E-state index is 12.9. The molecule has 0 atom stereocenters. The van der Waals surface area contributed by atoms with E-state index in [0.29, 0.717) is 14.4 Å². The molecule has 1 rings (SSSR count). The molecule has 0 amide bonds. The summed E-state index contributed by atoms with van der Waals surface area (Å²) in [5, 5.41) is 0. The summed E-state index contributed by atoms with van der Waals surface area (Å²) in [6.07, 6.45) is 0. The van der Waals surface area contributed by atoms with Crippen LogP contribution in [0.5, 0.6) is 5.75 Å². The van der Waals surface area contributed by atoms with E-state index in [-0.39, 0.29) is 5.82 Å². The summed E-state index contributed by atoms with van der Waals surface area (Å²) < 4.78 is 19.3. The Labute approximate surface area is 88.8 Å². The number of benzene rings is 1. The van der Waals surface area contributed by atoms with Gasteiger partial charge in [-0.25, -0.2) is 0 Å². The van der Waals surface area contributed by atoms with Crippen LogP contribution < -0.4 is 4.74 Å². The molecule has 0 unspecified atom stereocenters. The van der Waals surface area contributed by atoms with E-state index in [0.717, 1.165) is 25.8 Å². The Hall–Kier alpha value is 0.352. The average molecular weight is 411 g/mol. The summed E-state index contributed by atoms with van der Waals surface area (Å²) in [7, 11) is 0. The molecule has 0 bridgehead atoms. The van der Waals surface area contributed by atoms with E-state index in [2.05, 4.69) is 15.9 Å². The topological polar surface area (TPSA) is 9.23 Å². The Morgan fingerprint density at radius 3 is 2.82 bits per heavy atom. The van der Waals surface area contributed by atoms with E-state index in [1.165, 1.54) is 6.07 Å². The summed E-state index contributed by atoms with van der Waals surface area (Å²) in [5.74, 6) is 0.0118. The molecule has 0 saturated heterocycles. The van der Waals surface area contributed by atoms with Crippen LogP contribution in [0.4, 0.5) is 4.39 Å². The van der Waals surface area contributed by atoms with Crippen LogP contribution in [0.25, 0.3) is 0 Å². The molecule has 3 radical (unpaired) electrons. The zero-order valence-corrected chi connectivity index (χ0v) is 11.1. The third-order valence-electron chi connectivity index (χ3n) is 1.14. The van der Waals surface area contributed by atoms with Gasteiger partial charge in [0, 0.05) is 0 Å². The van der Waals surface area contributed by atoms with Gasteiger partial charge >= 0.3 is 89.2 Å². The fourth-order valence-electron chi connectivity index (χ4n) is 0.693. The first kappa shape index (κ1) is 9.44. The minimum atomic E-state index is -0.310. The molecule has 0 aromatic heterocycles. The molecule has 0 aliphatic carbocycles. The molecule has 0 heterocycles. The van der Waals surface area contributed by atoms with E-state index in [4.69, 9.17) is 4.74 Å². The maximum atomic E-state index is 12.9. The second kappa shape index (κ2) is 4.40. The molecular weight excluding hydrogens is 406 g/mol. The Morgan fingerprint density at radius 2 is 2.27 bits per heavy atom. The number of hydrogen-bond acceptors (Lipinski definition) is 1. The molecule has 0 aliphatic heterocycles. The van der Waals surface area contributed by atoms with Crippen LogP contribution in [0.15, 0.2) is 22.7 Å². The molecule has 1 aromatic rings. The minimum absolute atomic E-state index is 0.310. The van der Waals surface area contributed by atoms with Crippen LogP contribution in [0, 0.1) is 5.82 Å². The van der Waals surface area contributed by atoms with Gasteiger partial charge in [-0.15, -0.1) is 0 Å². The molecule has 1 aromatic carbocycles. The molecule has 1 nitrogen and oxygen atoms in total. The van der Waals surface area contributed by atoms with Crippen molar-refractivity contribution in [1.29, 1.82) is 0 Å². The fraction of sp³-hybridized carbons (Fsp3) is 0.143. The number of para-hydroxylation sites is 1.